The van der Waals surface area contributed by atoms with Crippen molar-refractivity contribution in [3.8, 4) is 5.75 Å². The first kappa shape index (κ1) is 15.9. The van der Waals surface area contributed by atoms with Crippen molar-refractivity contribution in [2.45, 2.75) is 26.3 Å². The maximum atomic E-state index is 6.26. The number of halogens is 1. The normalized spacial score (nSPS) is 10.8. The summed E-state index contributed by atoms with van der Waals surface area (Å²) in [6.45, 7) is 4.60. The lowest BCUT2D eigenvalue weighted by Crippen LogP contribution is -2.13. The molecule has 5 heteroatoms. The van der Waals surface area contributed by atoms with E-state index >= 15 is 0 Å². The third kappa shape index (κ3) is 5.06. The van der Waals surface area contributed by atoms with E-state index in [0.29, 0.717) is 11.6 Å². The van der Waals surface area contributed by atoms with E-state index in [1.54, 1.807) is 4.68 Å². The Bertz CT molecular complexity index is 568. The van der Waals surface area contributed by atoms with Crippen LogP contribution < -0.4 is 10.1 Å². The molecule has 2 aromatic rings. The maximum Gasteiger partial charge on any atom is 0.137 e. The Balaban J connectivity index is 1.83. The largest absolute Gasteiger partial charge is 0.492 e. The summed E-state index contributed by atoms with van der Waals surface area (Å²) in [5.74, 6) is 0.736. The van der Waals surface area contributed by atoms with E-state index in [4.69, 9.17) is 16.3 Å². The SMILES string of the molecule is CCCNCc1ccc(OCCc2cnn(C)c2)c(Cl)c1. The van der Waals surface area contributed by atoms with Crippen molar-refractivity contribution in [2.75, 3.05) is 13.2 Å². The fraction of sp³-hybridized carbons (Fsp3) is 0.438. The van der Waals surface area contributed by atoms with E-state index in [0.717, 1.165) is 37.2 Å². The van der Waals surface area contributed by atoms with Crippen molar-refractivity contribution in [1.29, 1.82) is 0 Å². The van der Waals surface area contributed by atoms with Crippen LogP contribution in [0.15, 0.2) is 30.6 Å². The molecule has 0 fully saturated rings. The van der Waals surface area contributed by atoms with Gasteiger partial charge in [-0.3, -0.25) is 4.68 Å². The minimum atomic E-state index is 0.596. The van der Waals surface area contributed by atoms with Gasteiger partial charge in [-0.1, -0.05) is 24.6 Å². The van der Waals surface area contributed by atoms with Gasteiger partial charge in [-0.05, 0) is 36.2 Å². The molecule has 1 aromatic carbocycles. The predicted octanol–water partition coefficient (Wildman–Crippen LogP) is 3.19. The van der Waals surface area contributed by atoms with Crippen molar-refractivity contribution in [1.82, 2.24) is 15.1 Å². The highest BCUT2D eigenvalue weighted by Crippen LogP contribution is 2.25. The maximum absolute atomic E-state index is 6.26. The number of aryl methyl sites for hydroxylation is 1. The molecule has 1 aromatic heterocycles. The minimum Gasteiger partial charge on any atom is -0.492 e. The van der Waals surface area contributed by atoms with Gasteiger partial charge in [-0.2, -0.15) is 5.10 Å². The average molecular weight is 308 g/mol. The summed E-state index contributed by atoms with van der Waals surface area (Å²) in [7, 11) is 1.91. The molecular formula is C16H22ClN3O. The van der Waals surface area contributed by atoms with Crippen LogP contribution in [0.3, 0.4) is 0 Å². The number of hydrogen-bond donors (Lipinski definition) is 1. The molecule has 0 radical (unpaired) electrons. The van der Waals surface area contributed by atoms with Crippen LogP contribution in [0.5, 0.6) is 5.75 Å². The summed E-state index contributed by atoms with van der Waals surface area (Å²) < 4.78 is 7.53. The van der Waals surface area contributed by atoms with Gasteiger partial charge in [-0.15, -0.1) is 0 Å². The first-order chi connectivity index (χ1) is 10.2. The van der Waals surface area contributed by atoms with Crippen molar-refractivity contribution in [3.05, 3.63) is 46.7 Å². The molecule has 0 bridgehead atoms. The second-order valence-corrected chi connectivity index (χ2v) is 5.47. The first-order valence-corrected chi connectivity index (χ1v) is 7.66. The molecule has 1 N–H and O–H groups in total. The molecule has 0 aliphatic carbocycles. The van der Waals surface area contributed by atoms with Gasteiger partial charge in [0.2, 0.25) is 0 Å². The standard InChI is InChI=1S/C16H22ClN3O/c1-3-7-18-10-13-4-5-16(15(17)9-13)21-8-6-14-11-19-20(2)12-14/h4-5,9,11-12,18H,3,6-8,10H2,1-2H3. The Labute approximate surface area is 131 Å². The van der Waals surface area contributed by atoms with E-state index in [-0.39, 0.29) is 0 Å². The second-order valence-electron chi connectivity index (χ2n) is 5.06. The van der Waals surface area contributed by atoms with Gasteiger partial charge < -0.3 is 10.1 Å². The first-order valence-electron chi connectivity index (χ1n) is 7.28. The molecule has 0 saturated heterocycles. The smallest absolute Gasteiger partial charge is 0.137 e. The minimum absolute atomic E-state index is 0.596. The van der Waals surface area contributed by atoms with Crippen LogP contribution >= 0.6 is 11.6 Å². The van der Waals surface area contributed by atoms with Gasteiger partial charge in [0.15, 0.2) is 0 Å². The lowest BCUT2D eigenvalue weighted by atomic mass is 10.2. The Morgan fingerprint density at radius 3 is 2.86 bits per heavy atom. The highest BCUT2D eigenvalue weighted by Gasteiger charge is 2.04. The fourth-order valence-electron chi connectivity index (χ4n) is 2.06. The lowest BCUT2D eigenvalue weighted by Gasteiger charge is -2.09. The Morgan fingerprint density at radius 2 is 2.19 bits per heavy atom. The number of nitrogens with one attached hydrogen (secondary N) is 1. The van der Waals surface area contributed by atoms with Crippen LogP contribution in [0.25, 0.3) is 0 Å². The fourth-order valence-corrected chi connectivity index (χ4v) is 2.32. The van der Waals surface area contributed by atoms with E-state index in [1.165, 1.54) is 5.56 Å². The second kappa shape index (κ2) is 8.05. The van der Waals surface area contributed by atoms with Gasteiger partial charge in [0, 0.05) is 26.2 Å². The summed E-state index contributed by atoms with van der Waals surface area (Å²) in [4.78, 5) is 0. The van der Waals surface area contributed by atoms with Gasteiger partial charge in [0.05, 0.1) is 17.8 Å². The molecule has 2 rings (SSSR count). The molecule has 0 aliphatic heterocycles. The number of rotatable bonds is 8. The zero-order chi connectivity index (χ0) is 15.1. The zero-order valence-corrected chi connectivity index (χ0v) is 13.4. The van der Waals surface area contributed by atoms with Crippen LogP contribution in [-0.4, -0.2) is 22.9 Å². The third-order valence-corrected chi connectivity index (χ3v) is 3.45. The quantitative estimate of drug-likeness (QED) is 0.761. The summed E-state index contributed by atoms with van der Waals surface area (Å²) >= 11 is 6.26. The van der Waals surface area contributed by atoms with E-state index in [9.17, 15) is 0 Å². The van der Waals surface area contributed by atoms with Gasteiger partial charge in [0.25, 0.3) is 0 Å². The molecule has 0 unspecified atom stereocenters. The van der Waals surface area contributed by atoms with Crippen molar-refractivity contribution >= 4 is 11.6 Å². The van der Waals surface area contributed by atoms with Gasteiger partial charge in [-0.25, -0.2) is 0 Å². The molecule has 0 aliphatic rings. The zero-order valence-electron chi connectivity index (χ0n) is 12.6. The number of aromatic nitrogens is 2. The highest BCUT2D eigenvalue weighted by atomic mass is 35.5. The number of ether oxygens (including phenoxy) is 1. The van der Waals surface area contributed by atoms with Gasteiger partial charge >= 0.3 is 0 Å². The van der Waals surface area contributed by atoms with Gasteiger partial charge in [0.1, 0.15) is 5.75 Å². The molecule has 1 heterocycles. The topological polar surface area (TPSA) is 39.1 Å². The Hall–Kier alpha value is -1.52. The Kier molecular flexibility index (Phi) is 6.08. The highest BCUT2D eigenvalue weighted by molar-refractivity contribution is 6.32. The monoisotopic (exact) mass is 307 g/mol. The van der Waals surface area contributed by atoms with Crippen LogP contribution in [-0.2, 0) is 20.0 Å². The van der Waals surface area contributed by atoms with Crippen LogP contribution in [0.1, 0.15) is 24.5 Å². The van der Waals surface area contributed by atoms with Crippen molar-refractivity contribution in [2.24, 2.45) is 7.05 Å². The van der Waals surface area contributed by atoms with Crippen LogP contribution in [0.4, 0.5) is 0 Å². The van der Waals surface area contributed by atoms with Crippen LogP contribution in [0, 0.1) is 0 Å². The van der Waals surface area contributed by atoms with E-state index in [1.807, 2.05) is 37.6 Å². The van der Waals surface area contributed by atoms with Crippen molar-refractivity contribution in [3.63, 3.8) is 0 Å². The summed E-state index contributed by atoms with van der Waals surface area (Å²) in [6, 6.07) is 5.95. The molecule has 0 amide bonds. The molecular weight excluding hydrogens is 286 g/mol. The average Bonchev–Trinajstić information content (AvgIpc) is 2.87. The van der Waals surface area contributed by atoms with E-state index in [2.05, 4.69) is 17.3 Å². The third-order valence-electron chi connectivity index (χ3n) is 3.16. The molecule has 114 valence electrons. The Morgan fingerprint density at radius 1 is 1.33 bits per heavy atom. The van der Waals surface area contributed by atoms with Crippen LogP contribution in [0.2, 0.25) is 5.02 Å². The number of benzene rings is 1. The molecule has 0 atom stereocenters. The number of nitrogens with zero attached hydrogens (tertiary/aromatic N) is 2. The summed E-state index contributed by atoms with van der Waals surface area (Å²) in [6.07, 6.45) is 5.80. The predicted molar refractivity (Wildman–Crippen MR) is 85.9 cm³/mol. The lowest BCUT2D eigenvalue weighted by molar-refractivity contribution is 0.322. The molecule has 4 nitrogen and oxygen atoms in total. The summed E-state index contributed by atoms with van der Waals surface area (Å²) in [5, 5.41) is 8.16. The molecule has 0 spiro atoms. The summed E-state index contributed by atoms with van der Waals surface area (Å²) in [5.41, 5.74) is 2.34. The molecule has 0 saturated carbocycles. The number of hydrogen-bond acceptors (Lipinski definition) is 3. The van der Waals surface area contributed by atoms with E-state index < -0.39 is 0 Å². The van der Waals surface area contributed by atoms with Crippen molar-refractivity contribution < 1.29 is 4.74 Å². The molecule has 21 heavy (non-hydrogen) atoms.